The number of halogens is 1. The van der Waals surface area contributed by atoms with Crippen molar-refractivity contribution < 1.29 is 4.79 Å². The molecule has 14 heavy (non-hydrogen) atoms. The van der Waals surface area contributed by atoms with Crippen molar-refractivity contribution in [1.82, 2.24) is 9.80 Å². The van der Waals surface area contributed by atoms with Gasteiger partial charge in [-0.25, -0.2) is 4.79 Å². The van der Waals surface area contributed by atoms with E-state index in [4.69, 9.17) is 11.6 Å². The number of carbonyl (C=O) groups excluding carboxylic acids is 1. The lowest BCUT2D eigenvalue weighted by atomic mass is 10.2. The maximum atomic E-state index is 11.5. The summed E-state index contributed by atoms with van der Waals surface area (Å²) >= 11 is 7.40. The van der Waals surface area contributed by atoms with E-state index in [1.807, 2.05) is 26.2 Å². The molecule has 0 aromatic carbocycles. The molecule has 2 heterocycles. The lowest BCUT2D eigenvalue weighted by Crippen LogP contribution is -2.26. The number of hydrogen-bond acceptors (Lipinski definition) is 2. The van der Waals surface area contributed by atoms with E-state index >= 15 is 0 Å². The number of urea groups is 1. The van der Waals surface area contributed by atoms with Crippen LogP contribution in [0.4, 0.5) is 4.79 Å². The topological polar surface area (TPSA) is 23.6 Å². The number of likely N-dealkylation sites (N-methyl/N-ethyl adjacent to an activating group) is 2. The van der Waals surface area contributed by atoms with Crippen LogP contribution in [0.15, 0.2) is 12.1 Å². The van der Waals surface area contributed by atoms with Crippen molar-refractivity contribution in [2.75, 3.05) is 20.6 Å². The molecule has 1 fully saturated rings. The molecule has 1 aromatic heterocycles. The van der Waals surface area contributed by atoms with Crippen LogP contribution in [0.3, 0.4) is 0 Å². The smallest absolute Gasteiger partial charge is 0.320 e. The number of amides is 2. The third-order valence-corrected chi connectivity index (χ3v) is 3.80. The van der Waals surface area contributed by atoms with Crippen LogP contribution in [-0.2, 0) is 0 Å². The Morgan fingerprint density at radius 2 is 2.21 bits per heavy atom. The summed E-state index contributed by atoms with van der Waals surface area (Å²) in [4.78, 5) is 16.1. The monoisotopic (exact) mass is 230 g/mol. The first-order chi connectivity index (χ1) is 6.59. The van der Waals surface area contributed by atoms with Gasteiger partial charge in [0.1, 0.15) is 0 Å². The summed E-state index contributed by atoms with van der Waals surface area (Å²) in [5, 5.41) is 0. The van der Waals surface area contributed by atoms with Gasteiger partial charge in [-0.1, -0.05) is 11.6 Å². The molecule has 2 rings (SSSR count). The predicted octanol–water partition coefficient (Wildman–Crippen LogP) is 2.44. The van der Waals surface area contributed by atoms with Crippen molar-refractivity contribution in [2.24, 2.45) is 0 Å². The van der Waals surface area contributed by atoms with Crippen molar-refractivity contribution in [1.29, 1.82) is 0 Å². The Bertz CT molecular complexity index is 365. The normalized spacial score (nSPS) is 22.2. The van der Waals surface area contributed by atoms with Crippen LogP contribution < -0.4 is 0 Å². The SMILES string of the molecule is CN1CC(c2ccc(Cl)s2)N(C)C1=O. The summed E-state index contributed by atoms with van der Waals surface area (Å²) in [5.74, 6) is 0. The average molecular weight is 231 g/mol. The van der Waals surface area contributed by atoms with Crippen LogP contribution in [0.2, 0.25) is 4.34 Å². The zero-order valence-electron chi connectivity index (χ0n) is 8.03. The Hall–Kier alpha value is -0.740. The van der Waals surface area contributed by atoms with Gasteiger partial charge in [0.05, 0.1) is 10.4 Å². The molecule has 0 bridgehead atoms. The van der Waals surface area contributed by atoms with E-state index in [-0.39, 0.29) is 12.1 Å². The number of carbonyl (C=O) groups is 1. The number of hydrogen-bond donors (Lipinski definition) is 0. The van der Waals surface area contributed by atoms with Gasteiger partial charge in [-0.3, -0.25) is 0 Å². The Balaban J connectivity index is 2.25. The molecule has 2 amide bonds. The van der Waals surface area contributed by atoms with Crippen LogP contribution in [-0.4, -0.2) is 36.5 Å². The number of nitrogens with zero attached hydrogens (tertiary/aromatic N) is 2. The van der Waals surface area contributed by atoms with Gasteiger partial charge in [-0.05, 0) is 12.1 Å². The molecule has 0 radical (unpaired) electrons. The van der Waals surface area contributed by atoms with E-state index < -0.39 is 0 Å². The summed E-state index contributed by atoms with van der Waals surface area (Å²) in [6.07, 6.45) is 0. The molecule has 0 aliphatic carbocycles. The van der Waals surface area contributed by atoms with Gasteiger partial charge in [0.25, 0.3) is 0 Å². The summed E-state index contributed by atoms with van der Waals surface area (Å²) in [7, 11) is 3.64. The maximum absolute atomic E-state index is 11.5. The highest BCUT2D eigenvalue weighted by Gasteiger charge is 2.33. The van der Waals surface area contributed by atoms with Gasteiger partial charge in [0.2, 0.25) is 0 Å². The number of rotatable bonds is 1. The molecule has 1 aliphatic rings. The molecule has 76 valence electrons. The first-order valence-electron chi connectivity index (χ1n) is 4.33. The zero-order chi connectivity index (χ0) is 10.3. The Labute approximate surface area is 91.9 Å². The van der Waals surface area contributed by atoms with E-state index in [2.05, 4.69) is 0 Å². The second-order valence-electron chi connectivity index (χ2n) is 3.43. The summed E-state index contributed by atoms with van der Waals surface area (Å²) in [5.41, 5.74) is 0. The van der Waals surface area contributed by atoms with Crippen LogP contribution in [0, 0.1) is 0 Å². The Kier molecular flexibility index (Phi) is 2.41. The van der Waals surface area contributed by atoms with E-state index in [1.165, 1.54) is 11.3 Å². The molecule has 5 heteroatoms. The van der Waals surface area contributed by atoms with Gasteiger partial charge < -0.3 is 9.80 Å². The van der Waals surface area contributed by atoms with E-state index in [9.17, 15) is 4.79 Å². The quantitative estimate of drug-likeness (QED) is 0.727. The second kappa shape index (κ2) is 3.44. The van der Waals surface area contributed by atoms with Crippen molar-refractivity contribution in [3.05, 3.63) is 21.3 Å². The van der Waals surface area contributed by atoms with Gasteiger partial charge in [0.15, 0.2) is 0 Å². The van der Waals surface area contributed by atoms with Crippen LogP contribution >= 0.6 is 22.9 Å². The molecule has 0 N–H and O–H groups in total. The van der Waals surface area contributed by atoms with Gasteiger partial charge in [-0.15, -0.1) is 11.3 Å². The van der Waals surface area contributed by atoms with Gasteiger partial charge >= 0.3 is 6.03 Å². The third-order valence-electron chi connectivity index (χ3n) is 2.46. The minimum atomic E-state index is 0.0690. The molecule has 1 atom stereocenters. The third kappa shape index (κ3) is 1.48. The van der Waals surface area contributed by atoms with Crippen LogP contribution in [0.5, 0.6) is 0 Å². The number of thiophene rings is 1. The van der Waals surface area contributed by atoms with E-state index in [1.54, 1.807) is 9.80 Å². The lowest BCUT2D eigenvalue weighted by Gasteiger charge is -2.15. The van der Waals surface area contributed by atoms with E-state index in [0.29, 0.717) is 0 Å². The molecule has 1 aromatic rings. The standard InChI is InChI=1S/C9H11ClN2OS/c1-11-5-6(12(2)9(11)13)7-3-4-8(10)14-7/h3-4,6H,5H2,1-2H3. The summed E-state index contributed by atoms with van der Waals surface area (Å²) < 4.78 is 0.774. The highest BCUT2D eigenvalue weighted by molar-refractivity contribution is 7.16. The highest BCUT2D eigenvalue weighted by Crippen LogP contribution is 2.33. The molecule has 3 nitrogen and oxygen atoms in total. The van der Waals surface area contributed by atoms with Crippen molar-refractivity contribution in [3.8, 4) is 0 Å². The fraction of sp³-hybridized carbons (Fsp3) is 0.444. The molecule has 1 saturated heterocycles. The minimum Gasteiger partial charge on any atom is -0.325 e. The summed E-state index contributed by atoms with van der Waals surface area (Å²) in [6, 6.07) is 4.09. The highest BCUT2D eigenvalue weighted by atomic mass is 35.5. The molecule has 1 aliphatic heterocycles. The van der Waals surface area contributed by atoms with Crippen molar-refractivity contribution in [2.45, 2.75) is 6.04 Å². The van der Waals surface area contributed by atoms with E-state index in [0.717, 1.165) is 15.8 Å². The second-order valence-corrected chi connectivity index (χ2v) is 5.18. The minimum absolute atomic E-state index is 0.0690. The predicted molar refractivity (Wildman–Crippen MR) is 57.9 cm³/mol. The van der Waals surface area contributed by atoms with Crippen molar-refractivity contribution >= 4 is 29.0 Å². The van der Waals surface area contributed by atoms with Crippen molar-refractivity contribution in [3.63, 3.8) is 0 Å². The maximum Gasteiger partial charge on any atom is 0.320 e. The fourth-order valence-electron chi connectivity index (χ4n) is 1.65. The first-order valence-corrected chi connectivity index (χ1v) is 5.52. The lowest BCUT2D eigenvalue weighted by molar-refractivity contribution is 0.201. The molecular weight excluding hydrogens is 220 g/mol. The fourth-order valence-corrected chi connectivity index (χ4v) is 2.85. The zero-order valence-corrected chi connectivity index (χ0v) is 9.60. The molecule has 0 spiro atoms. The average Bonchev–Trinajstić information content (AvgIpc) is 2.66. The van der Waals surface area contributed by atoms with Gasteiger partial charge in [0, 0.05) is 25.5 Å². The Morgan fingerprint density at radius 1 is 1.50 bits per heavy atom. The van der Waals surface area contributed by atoms with Crippen LogP contribution in [0.1, 0.15) is 10.9 Å². The molecule has 0 saturated carbocycles. The summed E-state index contributed by atoms with van der Waals surface area (Å²) in [6.45, 7) is 0.742. The van der Waals surface area contributed by atoms with Gasteiger partial charge in [-0.2, -0.15) is 0 Å². The first kappa shape index (κ1) is 9.80. The molecular formula is C9H11ClN2OS. The largest absolute Gasteiger partial charge is 0.325 e. The van der Waals surface area contributed by atoms with Crippen LogP contribution in [0.25, 0.3) is 0 Å². The molecule has 1 unspecified atom stereocenters. The Morgan fingerprint density at radius 3 is 2.64 bits per heavy atom.